The van der Waals surface area contributed by atoms with Crippen LogP contribution in [0, 0.1) is 0 Å². The Morgan fingerprint density at radius 2 is 2.06 bits per heavy atom. The van der Waals surface area contributed by atoms with E-state index in [4.69, 9.17) is 4.74 Å². The molecule has 0 aliphatic rings. The van der Waals surface area contributed by atoms with Gasteiger partial charge in [0.25, 0.3) is 5.91 Å². The fourth-order valence-electron chi connectivity index (χ4n) is 1.33. The summed E-state index contributed by atoms with van der Waals surface area (Å²) in [5, 5.41) is 5.06. The zero-order valence-electron chi connectivity index (χ0n) is 10.1. The number of ether oxygens (including phenoxy) is 1. The Hall–Kier alpha value is -2.04. The van der Waals surface area contributed by atoms with Crippen LogP contribution in [0.3, 0.4) is 0 Å². The van der Waals surface area contributed by atoms with Crippen molar-refractivity contribution in [2.75, 3.05) is 14.2 Å². The molecule has 0 aliphatic carbocycles. The summed E-state index contributed by atoms with van der Waals surface area (Å²) in [5.74, 6) is 0.0616. The molecular weight excluding hydrogens is 220 g/mol. The topological polar surface area (TPSA) is 67.4 Å². The second-order valence-electron chi connectivity index (χ2n) is 3.54. The highest BCUT2D eigenvalue weighted by Gasteiger charge is 2.15. The Morgan fingerprint density at radius 1 is 1.35 bits per heavy atom. The summed E-state index contributed by atoms with van der Waals surface area (Å²) in [6.07, 6.45) is 0. The van der Waals surface area contributed by atoms with E-state index in [1.807, 2.05) is 0 Å². The van der Waals surface area contributed by atoms with E-state index < -0.39 is 6.04 Å². The molecule has 0 heterocycles. The minimum Gasteiger partial charge on any atom is -0.497 e. The molecule has 1 aromatic rings. The predicted octanol–water partition coefficient (Wildman–Crippen LogP) is 0.559. The third-order valence-electron chi connectivity index (χ3n) is 2.32. The van der Waals surface area contributed by atoms with E-state index >= 15 is 0 Å². The van der Waals surface area contributed by atoms with Crippen molar-refractivity contribution in [3.05, 3.63) is 29.8 Å². The first-order chi connectivity index (χ1) is 8.08. The Bertz CT molecular complexity index is 418. The first kappa shape index (κ1) is 13.0. The number of methoxy groups -OCH3 is 1. The molecule has 17 heavy (non-hydrogen) atoms. The number of benzene rings is 1. The zero-order chi connectivity index (χ0) is 12.8. The summed E-state index contributed by atoms with van der Waals surface area (Å²) in [7, 11) is 3.06. The van der Waals surface area contributed by atoms with Crippen LogP contribution in [0.25, 0.3) is 0 Å². The number of carbonyl (C=O) groups excluding carboxylic acids is 2. The molecule has 0 fully saturated rings. The Balaban J connectivity index is 2.72. The van der Waals surface area contributed by atoms with Gasteiger partial charge in [-0.2, -0.15) is 0 Å². The smallest absolute Gasteiger partial charge is 0.252 e. The summed E-state index contributed by atoms with van der Waals surface area (Å²) in [4.78, 5) is 23.0. The first-order valence-corrected chi connectivity index (χ1v) is 5.25. The molecule has 1 rings (SSSR count). The second kappa shape index (κ2) is 5.89. The molecule has 0 unspecified atom stereocenters. The van der Waals surface area contributed by atoms with Crippen molar-refractivity contribution in [2.45, 2.75) is 13.0 Å². The number of carbonyl (C=O) groups is 2. The fourth-order valence-corrected chi connectivity index (χ4v) is 1.33. The van der Waals surface area contributed by atoms with Crippen molar-refractivity contribution < 1.29 is 14.3 Å². The van der Waals surface area contributed by atoms with E-state index in [2.05, 4.69) is 10.6 Å². The van der Waals surface area contributed by atoms with Crippen molar-refractivity contribution in [1.82, 2.24) is 10.6 Å². The van der Waals surface area contributed by atoms with Crippen LogP contribution in [0.15, 0.2) is 24.3 Å². The molecule has 1 atom stereocenters. The van der Waals surface area contributed by atoms with E-state index in [0.717, 1.165) is 0 Å². The summed E-state index contributed by atoms with van der Waals surface area (Å²) in [5.41, 5.74) is 0.458. The summed E-state index contributed by atoms with van der Waals surface area (Å²) in [6.45, 7) is 1.62. The summed E-state index contributed by atoms with van der Waals surface area (Å²) < 4.78 is 5.02. The molecule has 1 aromatic carbocycles. The van der Waals surface area contributed by atoms with Crippen LogP contribution >= 0.6 is 0 Å². The molecule has 0 aromatic heterocycles. The summed E-state index contributed by atoms with van der Waals surface area (Å²) in [6, 6.07) is 6.18. The molecule has 0 radical (unpaired) electrons. The lowest BCUT2D eigenvalue weighted by molar-refractivity contribution is -0.122. The molecule has 2 N–H and O–H groups in total. The third kappa shape index (κ3) is 3.48. The van der Waals surface area contributed by atoms with Gasteiger partial charge in [-0.05, 0) is 25.1 Å². The van der Waals surface area contributed by atoms with Crippen LogP contribution in [-0.4, -0.2) is 32.0 Å². The molecule has 5 nitrogen and oxygen atoms in total. The number of nitrogens with one attached hydrogen (secondary N) is 2. The Labute approximate surface area is 100 Å². The van der Waals surface area contributed by atoms with Gasteiger partial charge < -0.3 is 15.4 Å². The van der Waals surface area contributed by atoms with E-state index in [1.165, 1.54) is 14.2 Å². The Kier molecular flexibility index (Phi) is 4.51. The lowest BCUT2D eigenvalue weighted by atomic mass is 10.2. The molecule has 2 amide bonds. The number of amides is 2. The van der Waals surface area contributed by atoms with E-state index in [1.54, 1.807) is 31.2 Å². The quantitative estimate of drug-likeness (QED) is 0.802. The predicted molar refractivity (Wildman–Crippen MR) is 64.0 cm³/mol. The van der Waals surface area contributed by atoms with Crippen LogP contribution < -0.4 is 15.4 Å². The van der Waals surface area contributed by atoms with Gasteiger partial charge in [0, 0.05) is 12.6 Å². The maximum Gasteiger partial charge on any atom is 0.252 e. The molecule has 92 valence electrons. The lowest BCUT2D eigenvalue weighted by Crippen LogP contribution is -2.43. The van der Waals surface area contributed by atoms with Gasteiger partial charge >= 0.3 is 0 Å². The average Bonchev–Trinajstić information content (AvgIpc) is 2.37. The molecular formula is C12H16N2O3. The maximum atomic E-state index is 11.8. The highest BCUT2D eigenvalue weighted by atomic mass is 16.5. The molecule has 5 heteroatoms. The normalized spacial score (nSPS) is 11.5. The first-order valence-electron chi connectivity index (χ1n) is 5.25. The number of hydrogen-bond acceptors (Lipinski definition) is 3. The van der Waals surface area contributed by atoms with Gasteiger partial charge in [-0.3, -0.25) is 9.59 Å². The number of hydrogen-bond donors (Lipinski definition) is 2. The largest absolute Gasteiger partial charge is 0.497 e. The standard InChI is InChI=1S/C12H16N2O3/c1-8(11(15)13-2)14-12(16)9-5-4-6-10(7-9)17-3/h4-8H,1-3H3,(H,13,15)(H,14,16)/t8-/m0/s1. The van der Waals surface area contributed by atoms with E-state index in [0.29, 0.717) is 11.3 Å². The molecule has 0 saturated carbocycles. The highest BCUT2D eigenvalue weighted by molar-refractivity contribution is 5.97. The van der Waals surface area contributed by atoms with Crippen LogP contribution in [0.2, 0.25) is 0 Å². The van der Waals surface area contributed by atoms with Crippen molar-refractivity contribution >= 4 is 11.8 Å². The van der Waals surface area contributed by atoms with Crippen molar-refractivity contribution in [1.29, 1.82) is 0 Å². The second-order valence-corrected chi connectivity index (χ2v) is 3.54. The van der Waals surface area contributed by atoms with Crippen molar-refractivity contribution in [2.24, 2.45) is 0 Å². The van der Waals surface area contributed by atoms with Gasteiger partial charge in [-0.15, -0.1) is 0 Å². The SMILES string of the molecule is CNC(=O)[C@H](C)NC(=O)c1cccc(OC)c1. The minimum absolute atomic E-state index is 0.235. The van der Waals surface area contributed by atoms with Crippen LogP contribution in [0.4, 0.5) is 0 Å². The van der Waals surface area contributed by atoms with E-state index in [-0.39, 0.29) is 11.8 Å². The molecule has 0 saturated heterocycles. The zero-order valence-corrected chi connectivity index (χ0v) is 10.1. The van der Waals surface area contributed by atoms with Gasteiger partial charge in [0.15, 0.2) is 0 Å². The monoisotopic (exact) mass is 236 g/mol. The Morgan fingerprint density at radius 3 is 2.65 bits per heavy atom. The molecule has 0 bridgehead atoms. The van der Waals surface area contributed by atoms with Crippen molar-refractivity contribution in [3.63, 3.8) is 0 Å². The molecule has 0 aliphatic heterocycles. The van der Waals surface area contributed by atoms with Gasteiger partial charge in [0.1, 0.15) is 11.8 Å². The third-order valence-corrected chi connectivity index (χ3v) is 2.32. The fraction of sp³-hybridized carbons (Fsp3) is 0.333. The van der Waals surface area contributed by atoms with Crippen molar-refractivity contribution in [3.8, 4) is 5.75 Å². The number of rotatable bonds is 4. The van der Waals surface area contributed by atoms with Crippen LogP contribution in [-0.2, 0) is 4.79 Å². The minimum atomic E-state index is -0.571. The van der Waals surface area contributed by atoms with Gasteiger partial charge in [-0.25, -0.2) is 0 Å². The van der Waals surface area contributed by atoms with Gasteiger partial charge in [-0.1, -0.05) is 6.07 Å². The number of likely N-dealkylation sites (N-methyl/N-ethyl adjacent to an activating group) is 1. The average molecular weight is 236 g/mol. The molecule has 0 spiro atoms. The highest BCUT2D eigenvalue weighted by Crippen LogP contribution is 2.12. The summed E-state index contributed by atoms with van der Waals surface area (Å²) >= 11 is 0. The van der Waals surface area contributed by atoms with Gasteiger partial charge in [0.05, 0.1) is 7.11 Å². The van der Waals surface area contributed by atoms with E-state index in [9.17, 15) is 9.59 Å². The van der Waals surface area contributed by atoms with Crippen LogP contribution in [0.1, 0.15) is 17.3 Å². The van der Waals surface area contributed by atoms with Gasteiger partial charge in [0.2, 0.25) is 5.91 Å². The maximum absolute atomic E-state index is 11.8. The van der Waals surface area contributed by atoms with Crippen LogP contribution in [0.5, 0.6) is 5.75 Å². The lowest BCUT2D eigenvalue weighted by Gasteiger charge is -2.12.